The van der Waals surface area contributed by atoms with Crippen LogP contribution in [0, 0.1) is 5.82 Å². The van der Waals surface area contributed by atoms with Crippen molar-refractivity contribution in [3.8, 4) is 0 Å². The molecule has 2 nitrogen and oxygen atoms in total. The van der Waals surface area contributed by atoms with Crippen LogP contribution in [0.5, 0.6) is 0 Å². The SMILES string of the molecule is O=C(Cc1cccc(F)c1)NC1(CCl)CCC1. The Morgan fingerprint density at radius 3 is 2.76 bits per heavy atom. The lowest BCUT2D eigenvalue weighted by Gasteiger charge is -2.41. The molecule has 0 unspecified atom stereocenters. The van der Waals surface area contributed by atoms with Gasteiger partial charge in [-0.05, 0) is 37.0 Å². The second-order valence-electron chi connectivity index (χ2n) is 4.62. The molecule has 0 spiro atoms. The third kappa shape index (κ3) is 2.97. The number of carbonyl (C=O) groups is 1. The molecule has 17 heavy (non-hydrogen) atoms. The second kappa shape index (κ2) is 5.05. The molecule has 2 rings (SSSR count). The van der Waals surface area contributed by atoms with Crippen LogP contribution in [0.25, 0.3) is 0 Å². The van der Waals surface area contributed by atoms with Crippen molar-refractivity contribution in [3.05, 3.63) is 35.6 Å². The first-order valence-electron chi connectivity index (χ1n) is 5.75. The van der Waals surface area contributed by atoms with Crippen LogP contribution in [0.15, 0.2) is 24.3 Å². The number of nitrogens with one attached hydrogen (secondary N) is 1. The molecule has 0 aromatic heterocycles. The largest absolute Gasteiger partial charge is 0.349 e. The minimum absolute atomic E-state index is 0.0871. The average molecular weight is 256 g/mol. The lowest BCUT2D eigenvalue weighted by Crippen LogP contribution is -2.55. The van der Waals surface area contributed by atoms with E-state index in [2.05, 4.69) is 5.32 Å². The van der Waals surface area contributed by atoms with Crippen molar-refractivity contribution in [2.24, 2.45) is 0 Å². The normalized spacial score (nSPS) is 17.3. The highest BCUT2D eigenvalue weighted by Gasteiger charge is 2.37. The molecular formula is C13H15ClFNO. The third-order valence-corrected chi connectivity index (χ3v) is 3.74. The summed E-state index contributed by atoms with van der Waals surface area (Å²) in [5.41, 5.74) is 0.470. The molecule has 0 heterocycles. The number of rotatable bonds is 4. The van der Waals surface area contributed by atoms with Crippen LogP contribution in [0.3, 0.4) is 0 Å². The zero-order valence-corrected chi connectivity index (χ0v) is 10.3. The van der Waals surface area contributed by atoms with Gasteiger partial charge in [-0.3, -0.25) is 4.79 Å². The summed E-state index contributed by atoms with van der Waals surface area (Å²) in [6, 6.07) is 6.11. The molecule has 92 valence electrons. The predicted molar refractivity (Wildman–Crippen MR) is 65.5 cm³/mol. The summed E-state index contributed by atoms with van der Waals surface area (Å²) < 4.78 is 12.9. The molecule has 1 aromatic rings. The highest BCUT2D eigenvalue weighted by molar-refractivity contribution is 6.18. The van der Waals surface area contributed by atoms with Crippen molar-refractivity contribution >= 4 is 17.5 Å². The van der Waals surface area contributed by atoms with Gasteiger partial charge >= 0.3 is 0 Å². The van der Waals surface area contributed by atoms with E-state index in [4.69, 9.17) is 11.6 Å². The zero-order valence-electron chi connectivity index (χ0n) is 9.51. The Morgan fingerprint density at radius 2 is 2.24 bits per heavy atom. The van der Waals surface area contributed by atoms with Gasteiger partial charge in [0.05, 0.1) is 12.0 Å². The van der Waals surface area contributed by atoms with E-state index in [1.807, 2.05) is 0 Å². The van der Waals surface area contributed by atoms with Gasteiger partial charge in [0.25, 0.3) is 0 Å². The monoisotopic (exact) mass is 255 g/mol. The topological polar surface area (TPSA) is 29.1 Å². The van der Waals surface area contributed by atoms with Gasteiger partial charge in [0.15, 0.2) is 0 Å². The fourth-order valence-corrected chi connectivity index (χ4v) is 2.40. The van der Waals surface area contributed by atoms with Crippen LogP contribution in [0.1, 0.15) is 24.8 Å². The minimum atomic E-state index is -0.314. The molecular weight excluding hydrogens is 241 g/mol. The van der Waals surface area contributed by atoms with E-state index < -0.39 is 0 Å². The minimum Gasteiger partial charge on any atom is -0.349 e. The first-order valence-corrected chi connectivity index (χ1v) is 6.28. The predicted octanol–water partition coefficient (Wildman–Crippen LogP) is 2.65. The van der Waals surface area contributed by atoms with E-state index in [0.29, 0.717) is 11.4 Å². The molecule has 1 aliphatic rings. The van der Waals surface area contributed by atoms with Crippen molar-refractivity contribution in [1.29, 1.82) is 0 Å². The highest BCUT2D eigenvalue weighted by atomic mass is 35.5. The lowest BCUT2D eigenvalue weighted by molar-refractivity contribution is -0.123. The molecule has 4 heteroatoms. The Hall–Kier alpha value is -1.09. The van der Waals surface area contributed by atoms with Gasteiger partial charge in [0.1, 0.15) is 5.82 Å². The Bertz CT molecular complexity index is 412. The third-order valence-electron chi connectivity index (χ3n) is 3.22. The molecule has 1 saturated carbocycles. The Kier molecular flexibility index (Phi) is 3.67. The van der Waals surface area contributed by atoms with Gasteiger partial charge in [-0.15, -0.1) is 11.6 Å². The molecule has 1 fully saturated rings. The maximum absolute atomic E-state index is 12.9. The van der Waals surface area contributed by atoms with Crippen LogP contribution in [0.4, 0.5) is 4.39 Å². The molecule has 0 radical (unpaired) electrons. The van der Waals surface area contributed by atoms with Crippen LogP contribution in [-0.2, 0) is 11.2 Å². The summed E-state index contributed by atoms with van der Waals surface area (Å²) in [7, 11) is 0. The van der Waals surface area contributed by atoms with E-state index in [-0.39, 0.29) is 23.7 Å². The molecule has 0 bridgehead atoms. The van der Waals surface area contributed by atoms with Gasteiger partial charge in [0.2, 0.25) is 5.91 Å². The van der Waals surface area contributed by atoms with Crippen molar-refractivity contribution in [2.45, 2.75) is 31.2 Å². The van der Waals surface area contributed by atoms with Gasteiger partial charge in [-0.2, -0.15) is 0 Å². The molecule has 1 amide bonds. The van der Waals surface area contributed by atoms with Crippen molar-refractivity contribution < 1.29 is 9.18 Å². The smallest absolute Gasteiger partial charge is 0.224 e. The maximum Gasteiger partial charge on any atom is 0.224 e. The van der Waals surface area contributed by atoms with Crippen LogP contribution in [-0.4, -0.2) is 17.3 Å². The standard InChI is InChI=1S/C13H15ClFNO/c14-9-13(5-2-6-13)16-12(17)8-10-3-1-4-11(15)7-10/h1,3-4,7H,2,5-6,8-9H2,(H,16,17). The van der Waals surface area contributed by atoms with Crippen molar-refractivity contribution in [3.63, 3.8) is 0 Å². The second-order valence-corrected chi connectivity index (χ2v) is 4.89. The Labute approximate surface area is 105 Å². The quantitative estimate of drug-likeness (QED) is 0.824. The van der Waals surface area contributed by atoms with Crippen LogP contribution < -0.4 is 5.32 Å². The van der Waals surface area contributed by atoms with Gasteiger partial charge < -0.3 is 5.32 Å². The summed E-state index contributed by atoms with van der Waals surface area (Å²) in [5.74, 6) is 0.0453. The first-order chi connectivity index (χ1) is 8.13. The van der Waals surface area contributed by atoms with E-state index in [1.165, 1.54) is 12.1 Å². The van der Waals surface area contributed by atoms with Crippen LogP contribution in [0.2, 0.25) is 0 Å². The van der Waals surface area contributed by atoms with E-state index >= 15 is 0 Å². The molecule has 1 N–H and O–H groups in total. The number of hydrogen-bond donors (Lipinski definition) is 1. The Morgan fingerprint density at radius 1 is 1.47 bits per heavy atom. The van der Waals surface area contributed by atoms with Gasteiger partial charge in [-0.25, -0.2) is 4.39 Å². The number of halogens is 2. The number of benzene rings is 1. The van der Waals surface area contributed by atoms with E-state index in [9.17, 15) is 9.18 Å². The molecule has 1 aromatic carbocycles. The zero-order chi connectivity index (χ0) is 12.3. The van der Waals surface area contributed by atoms with Gasteiger partial charge in [-0.1, -0.05) is 12.1 Å². The van der Waals surface area contributed by atoms with Crippen molar-refractivity contribution in [1.82, 2.24) is 5.32 Å². The number of amides is 1. The summed E-state index contributed by atoms with van der Waals surface area (Å²) >= 11 is 5.86. The summed E-state index contributed by atoms with van der Waals surface area (Å²) in [6.45, 7) is 0. The molecule has 1 aliphatic carbocycles. The highest BCUT2D eigenvalue weighted by Crippen LogP contribution is 2.32. The lowest BCUT2D eigenvalue weighted by atomic mass is 9.78. The fourth-order valence-electron chi connectivity index (χ4n) is 2.07. The summed E-state index contributed by atoms with van der Waals surface area (Å²) in [6.07, 6.45) is 3.18. The number of hydrogen-bond acceptors (Lipinski definition) is 1. The summed E-state index contributed by atoms with van der Waals surface area (Å²) in [5, 5.41) is 2.95. The number of carbonyl (C=O) groups excluding carboxylic acids is 1. The van der Waals surface area contributed by atoms with E-state index in [0.717, 1.165) is 19.3 Å². The molecule has 0 atom stereocenters. The average Bonchev–Trinajstić information content (AvgIpc) is 2.23. The van der Waals surface area contributed by atoms with E-state index in [1.54, 1.807) is 12.1 Å². The van der Waals surface area contributed by atoms with Gasteiger partial charge in [0, 0.05) is 5.88 Å². The molecule has 0 saturated heterocycles. The Balaban J connectivity index is 1.93. The molecule has 0 aliphatic heterocycles. The van der Waals surface area contributed by atoms with Crippen LogP contribution >= 0.6 is 11.6 Å². The maximum atomic E-state index is 12.9. The first kappa shape index (κ1) is 12.4. The number of alkyl halides is 1. The summed E-state index contributed by atoms with van der Waals surface area (Å²) in [4.78, 5) is 11.8. The van der Waals surface area contributed by atoms with Crippen molar-refractivity contribution in [2.75, 3.05) is 5.88 Å². The fraction of sp³-hybridized carbons (Fsp3) is 0.462.